The van der Waals surface area contributed by atoms with E-state index < -0.39 is 21.5 Å². The van der Waals surface area contributed by atoms with E-state index in [9.17, 15) is 17.2 Å². The molecule has 0 bridgehead atoms. The van der Waals surface area contributed by atoms with Crippen LogP contribution in [0.4, 0.5) is 5.69 Å². The van der Waals surface area contributed by atoms with E-state index in [1.165, 1.54) is 0 Å². The molecule has 2 heterocycles. The number of hydrogen-bond donors (Lipinski definition) is 2. The van der Waals surface area contributed by atoms with Gasteiger partial charge in [0.25, 0.3) is 15.6 Å². The van der Waals surface area contributed by atoms with Crippen molar-refractivity contribution in [3.05, 3.63) is 120 Å². The Kier molecular flexibility index (Phi) is 10.7. The average molecular weight is 702 g/mol. The van der Waals surface area contributed by atoms with Crippen LogP contribution in [-0.4, -0.2) is 40.6 Å². The summed E-state index contributed by atoms with van der Waals surface area (Å²) in [5.41, 5.74) is 7.30. The summed E-state index contributed by atoms with van der Waals surface area (Å²) >= 11 is -2.35. The lowest BCUT2D eigenvalue weighted by Gasteiger charge is -2.19. The number of aryl methyl sites for hydroxylation is 1. The Morgan fingerprint density at radius 1 is 0.918 bits per heavy atom. The lowest BCUT2D eigenvalue weighted by molar-refractivity contribution is -0.677. The molecule has 0 amide bonds. The smallest absolute Gasteiger partial charge is 0.374 e. The second-order valence-corrected chi connectivity index (χ2v) is 13.8. The number of anilines is 1. The van der Waals surface area contributed by atoms with E-state index in [-0.39, 0.29) is 18.8 Å². The predicted octanol–water partition coefficient (Wildman–Crippen LogP) is 7.41. The molecule has 1 aromatic heterocycles. The van der Waals surface area contributed by atoms with Crippen molar-refractivity contribution in [1.29, 1.82) is 0 Å². The molecule has 1 aliphatic heterocycles. The van der Waals surface area contributed by atoms with Gasteiger partial charge in [0.1, 0.15) is 0 Å². The van der Waals surface area contributed by atoms with Gasteiger partial charge < -0.3 is 14.1 Å². The molecule has 0 saturated heterocycles. The van der Waals surface area contributed by atoms with Gasteiger partial charge in [-0.2, -0.15) is 17.2 Å². The van der Waals surface area contributed by atoms with Gasteiger partial charge in [-0.25, -0.2) is 0 Å². The van der Waals surface area contributed by atoms with Crippen LogP contribution in [0.25, 0.3) is 39.4 Å². The quantitative estimate of drug-likeness (QED) is 0.0526. The molecule has 0 spiro atoms. The molecule has 2 N–H and O–H groups in total. The second kappa shape index (κ2) is 15.3. The number of benzene rings is 4. The van der Waals surface area contributed by atoms with E-state index in [2.05, 4.69) is 6.07 Å². The van der Waals surface area contributed by atoms with E-state index in [0.717, 1.165) is 39.0 Å². The maximum Gasteiger partial charge on any atom is 0.374 e. The Balaban J connectivity index is 1.37. The summed E-state index contributed by atoms with van der Waals surface area (Å²) in [6.45, 7) is 2.87. The van der Waals surface area contributed by atoms with E-state index in [1.54, 1.807) is 0 Å². The predicted molar refractivity (Wildman–Crippen MR) is 190 cm³/mol. The summed E-state index contributed by atoms with van der Waals surface area (Å²) in [6, 6.07) is 31.9. The zero-order chi connectivity index (χ0) is 34.4. The van der Waals surface area contributed by atoms with Gasteiger partial charge in [-0.15, -0.1) is 0 Å². The average Bonchev–Trinajstić information content (AvgIpc) is 3.62. The van der Waals surface area contributed by atoms with Crippen LogP contribution in [-0.2, 0) is 32.2 Å². The number of oxazole rings is 1. The van der Waals surface area contributed by atoms with Crippen LogP contribution in [0.3, 0.4) is 0 Å². The molecule has 0 fully saturated rings. The third-order valence-electron chi connectivity index (χ3n) is 8.20. The molecule has 0 aliphatic carbocycles. The summed E-state index contributed by atoms with van der Waals surface area (Å²) < 4.78 is 72.3. The van der Waals surface area contributed by atoms with Crippen LogP contribution in [0.5, 0.6) is 5.75 Å². The maximum atomic E-state index is 11.6. The Morgan fingerprint density at radius 3 is 2.24 bits per heavy atom. The van der Waals surface area contributed by atoms with Crippen molar-refractivity contribution < 1.29 is 39.6 Å². The Hall–Kier alpha value is -4.59. The molecule has 5 aromatic rings. The molecule has 1 aliphatic rings. The summed E-state index contributed by atoms with van der Waals surface area (Å²) in [4.78, 5) is 2.03. The minimum Gasteiger partial charge on any atom is -0.439 e. The molecule has 10 nitrogen and oxygen atoms in total. The number of allylic oxidation sites excluding steroid dienone is 2. The molecule has 49 heavy (non-hydrogen) atoms. The zero-order valence-corrected chi connectivity index (χ0v) is 28.5. The number of ether oxygens (including phenoxy) is 1. The number of hydrogen-bond acceptors (Lipinski definition) is 7. The molecule has 1 unspecified atom stereocenters. The molecular weight excluding hydrogens is 665 g/mol. The third-order valence-corrected chi connectivity index (χ3v) is 9.37. The Bertz CT molecular complexity index is 2130. The standard InChI is InChI=1S/C37H36N2O8S2/c1-2-27(23-36-38(19-9-21-45-48(40)41)32-25-30(15-17-34(32)46-36)28-11-5-3-6-12-28)24-37-39(20-10-22-49(42,43)44)33-26-31(16-18-35(33)47-37)29-13-7-4-8-14-29/h3-8,11-18,23-26H,2,9-10,19-22H2,1H3,(H-,40,41,42,43,44)/p+1. The Morgan fingerprint density at radius 2 is 1.59 bits per heavy atom. The van der Waals surface area contributed by atoms with E-state index >= 15 is 0 Å². The monoisotopic (exact) mass is 701 g/mol. The maximum absolute atomic E-state index is 11.6. The zero-order valence-electron chi connectivity index (χ0n) is 26.9. The van der Waals surface area contributed by atoms with Crippen LogP contribution in [0, 0.1) is 0 Å². The second-order valence-electron chi connectivity index (χ2n) is 11.5. The lowest BCUT2D eigenvalue weighted by Crippen LogP contribution is -2.36. The lowest BCUT2D eigenvalue weighted by atomic mass is 10.0. The van der Waals surface area contributed by atoms with Crippen molar-refractivity contribution in [3.63, 3.8) is 0 Å². The summed E-state index contributed by atoms with van der Waals surface area (Å²) in [7, 11) is -4.14. The number of rotatable bonds is 14. The van der Waals surface area contributed by atoms with Crippen molar-refractivity contribution >= 4 is 44.3 Å². The van der Waals surface area contributed by atoms with Crippen molar-refractivity contribution in [3.8, 4) is 28.0 Å². The van der Waals surface area contributed by atoms with E-state index in [0.29, 0.717) is 49.0 Å². The van der Waals surface area contributed by atoms with Crippen molar-refractivity contribution in [2.24, 2.45) is 0 Å². The van der Waals surface area contributed by atoms with Crippen molar-refractivity contribution in [2.75, 3.05) is 23.8 Å². The fourth-order valence-electron chi connectivity index (χ4n) is 5.82. The highest BCUT2D eigenvalue weighted by molar-refractivity contribution is 7.85. The van der Waals surface area contributed by atoms with Crippen LogP contribution < -0.4 is 14.2 Å². The fourth-order valence-corrected chi connectivity index (χ4v) is 6.57. The van der Waals surface area contributed by atoms with Crippen LogP contribution >= 0.6 is 0 Å². The normalized spacial score (nSPS) is 14.7. The first-order valence-corrected chi connectivity index (χ1v) is 18.6. The topological polar surface area (TPSA) is 130 Å². The number of fused-ring (bicyclic) bond motifs is 2. The van der Waals surface area contributed by atoms with Gasteiger partial charge in [-0.3, -0.25) is 13.3 Å². The van der Waals surface area contributed by atoms with E-state index in [4.69, 9.17) is 17.9 Å². The molecule has 1 atom stereocenters. The summed E-state index contributed by atoms with van der Waals surface area (Å²) in [6.07, 6.45) is 5.14. The molecule has 0 radical (unpaired) electrons. The van der Waals surface area contributed by atoms with E-state index in [1.807, 2.05) is 120 Å². The van der Waals surface area contributed by atoms with Gasteiger partial charge in [-0.1, -0.05) is 79.7 Å². The van der Waals surface area contributed by atoms with Crippen LogP contribution in [0.15, 0.2) is 119 Å². The minimum absolute atomic E-state index is 0.0879. The minimum atomic E-state index is -4.14. The third kappa shape index (κ3) is 8.53. The van der Waals surface area contributed by atoms with Crippen LogP contribution in [0.2, 0.25) is 0 Å². The SMILES string of the molecule is CCC(=Cc1oc2ccc(-c3ccccc3)cc2[n+]1CCCS(=O)(=O)O)C=C1Oc2ccc(-c3ccccc3)cc2N1CCCOS(=O)O. The van der Waals surface area contributed by atoms with Gasteiger partial charge >= 0.3 is 17.3 Å². The highest BCUT2D eigenvalue weighted by atomic mass is 32.2. The molecule has 12 heteroatoms. The highest BCUT2D eigenvalue weighted by Gasteiger charge is 2.28. The Labute approximate surface area is 288 Å². The molecule has 0 saturated carbocycles. The first-order chi connectivity index (χ1) is 23.7. The summed E-state index contributed by atoms with van der Waals surface area (Å²) in [5.74, 6) is 1.42. The van der Waals surface area contributed by atoms with Crippen LogP contribution in [0.1, 0.15) is 32.1 Å². The van der Waals surface area contributed by atoms with Gasteiger partial charge in [0.2, 0.25) is 11.5 Å². The summed E-state index contributed by atoms with van der Waals surface area (Å²) in [5, 5.41) is 0. The highest BCUT2D eigenvalue weighted by Crippen LogP contribution is 2.42. The molecular formula is C37H37N2O8S2+. The first-order valence-electron chi connectivity index (χ1n) is 16.0. The fraction of sp³-hybridized carbons (Fsp3) is 0.216. The first kappa shape index (κ1) is 34.3. The van der Waals surface area contributed by atoms with Gasteiger partial charge in [-0.05, 0) is 58.9 Å². The molecule has 4 aromatic carbocycles. The van der Waals surface area contributed by atoms with Gasteiger partial charge in [0.05, 0.1) is 24.1 Å². The number of aromatic nitrogens is 1. The van der Waals surface area contributed by atoms with Crippen molar-refractivity contribution in [2.45, 2.75) is 32.7 Å². The van der Waals surface area contributed by atoms with Gasteiger partial charge in [0, 0.05) is 25.1 Å². The molecule has 6 rings (SSSR count). The van der Waals surface area contributed by atoms with Crippen molar-refractivity contribution in [1.82, 2.24) is 0 Å². The largest absolute Gasteiger partial charge is 0.439 e. The molecule has 254 valence electrons. The van der Waals surface area contributed by atoms with Gasteiger partial charge in [0.15, 0.2) is 12.3 Å². The number of nitrogens with zero attached hydrogens (tertiary/aromatic N) is 2.